The molecule has 7 heteroatoms. The van der Waals surface area contributed by atoms with Crippen LogP contribution in [-0.2, 0) is 0 Å². The van der Waals surface area contributed by atoms with E-state index in [4.69, 9.17) is 10.2 Å². The number of rotatable bonds is 5. The first-order valence-corrected chi connectivity index (χ1v) is 7.31. The smallest absolute Gasteiger partial charge is 0.180 e. The summed E-state index contributed by atoms with van der Waals surface area (Å²) >= 11 is 5.74. The second-order valence-electron chi connectivity index (χ2n) is 4.26. The van der Waals surface area contributed by atoms with Crippen molar-refractivity contribution in [2.75, 3.05) is 0 Å². The van der Waals surface area contributed by atoms with Crippen LogP contribution < -0.4 is 0 Å². The molecule has 1 aromatic carbocycles. The van der Waals surface area contributed by atoms with Gasteiger partial charge in [0.05, 0.1) is 5.25 Å². The van der Waals surface area contributed by atoms with Crippen LogP contribution in [-0.4, -0.2) is 43.9 Å². The number of nitrogens with zero attached hydrogens (tertiary/aromatic N) is 1. The van der Waals surface area contributed by atoms with Crippen LogP contribution in [0.25, 0.3) is 10.6 Å². The van der Waals surface area contributed by atoms with Gasteiger partial charge in [-0.3, -0.25) is 0 Å². The highest BCUT2D eigenvalue weighted by molar-refractivity contribution is 7.80. The predicted molar refractivity (Wildman–Crippen MR) is 79.5 cm³/mol. The van der Waals surface area contributed by atoms with Gasteiger partial charge in [0.25, 0.3) is 0 Å². The van der Waals surface area contributed by atoms with Gasteiger partial charge in [-0.1, -0.05) is 24.3 Å². The van der Waals surface area contributed by atoms with Crippen LogP contribution in [0.2, 0.25) is 0 Å². The molecule has 5 nitrogen and oxygen atoms in total. The molecule has 2 rings (SSSR count). The zero-order chi connectivity index (χ0) is 14.7. The van der Waals surface area contributed by atoms with Crippen LogP contribution in [0.1, 0.15) is 10.8 Å². The minimum atomic E-state index is -2.02. The maximum atomic E-state index is 9.97. The van der Waals surface area contributed by atoms with E-state index < -0.39 is 23.7 Å². The molecule has 0 aliphatic heterocycles. The molecule has 0 saturated heterocycles. The van der Waals surface area contributed by atoms with Crippen LogP contribution >= 0.6 is 24.0 Å². The summed E-state index contributed by atoms with van der Waals surface area (Å²) in [6, 6.07) is 7.22. The van der Waals surface area contributed by atoms with E-state index in [2.05, 4.69) is 17.6 Å². The molecule has 0 bridgehead atoms. The Balaban J connectivity index is 2.33. The lowest BCUT2D eigenvalue weighted by Gasteiger charge is -2.25. The topological polar surface area (TPSA) is 93.8 Å². The first-order chi connectivity index (χ1) is 9.52. The Labute approximate surface area is 125 Å². The summed E-state index contributed by atoms with van der Waals surface area (Å²) in [5.74, 6) is 0. The zero-order valence-corrected chi connectivity index (χ0v) is 12.1. The maximum absolute atomic E-state index is 9.97. The predicted octanol–water partition coefficient (Wildman–Crippen LogP) is 0.813. The molecule has 0 aliphatic rings. The van der Waals surface area contributed by atoms with Gasteiger partial charge in [-0.2, -0.15) is 12.6 Å². The van der Waals surface area contributed by atoms with Crippen LogP contribution in [0.5, 0.6) is 0 Å². The average molecular weight is 313 g/mol. The number of thiazole rings is 1. The number of benzene rings is 1. The molecule has 0 spiro atoms. The Hall–Kier alpha value is -0.960. The molecule has 4 N–H and O–H groups in total. The van der Waals surface area contributed by atoms with Crippen molar-refractivity contribution in [1.82, 2.24) is 4.98 Å². The van der Waals surface area contributed by atoms with Gasteiger partial charge in [-0.15, -0.1) is 11.3 Å². The van der Waals surface area contributed by atoms with Crippen LogP contribution in [0, 0.1) is 0 Å². The SMILES string of the molecule is OC(O)C(O)C(O)C(S)c1ccccc1-c1nccs1. The summed E-state index contributed by atoms with van der Waals surface area (Å²) in [6.07, 6.45) is -3.46. The third-order valence-corrected chi connectivity index (χ3v) is 4.31. The number of hydrogen-bond acceptors (Lipinski definition) is 7. The van der Waals surface area contributed by atoms with Gasteiger partial charge < -0.3 is 20.4 Å². The molecular weight excluding hydrogens is 298 g/mol. The lowest BCUT2D eigenvalue weighted by atomic mass is 9.98. The van der Waals surface area contributed by atoms with E-state index in [9.17, 15) is 10.2 Å². The van der Waals surface area contributed by atoms with Gasteiger partial charge in [0, 0.05) is 17.1 Å². The molecule has 20 heavy (non-hydrogen) atoms. The highest BCUT2D eigenvalue weighted by atomic mass is 32.1. The third kappa shape index (κ3) is 3.20. The molecule has 0 aliphatic carbocycles. The molecule has 3 atom stereocenters. The van der Waals surface area contributed by atoms with E-state index in [1.54, 1.807) is 18.3 Å². The van der Waals surface area contributed by atoms with E-state index in [1.165, 1.54) is 11.3 Å². The van der Waals surface area contributed by atoms with E-state index in [0.717, 1.165) is 10.6 Å². The fraction of sp³-hybridized carbons (Fsp3) is 0.308. The van der Waals surface area contributed by atoms with E-state index >= 15 is 0 Å². The standard InChI is InChI=1S/C13H15NO4S2/c15-9(10(16)13(17)18)11(19)7-3-1-2-4-8(7)12-14-5-6-20-12/h1-6,9-11,13,15-19H. The van der Waals surface area contributed by atoms with Crippen molar-refractivity contribution in [2.24, 2.45) is 0 Å². The van der Waals surface area contributed by atoms with Gasteiger partial charge in [-0.25, -0.2) is 4.98 Å². The summed E-state index contributed by atoms with van der Waals surface area (Å²) in [4.78, 5) is 4.21. The minimum absolute atomic E-state index is 0.665. The Bertz CT molecular complexity index is 547. The molecule has 0 saturated carbocycles. The summed E-state index contributed by atoms with van der Waals surface area (Å²) in [5.41, 5.74) is 1.46. The van der Waals surface area contributed by atoms with Gasteiger partial charge in [0.2, 0.25) is 0 Å². The Morgan fingerprint density at radius 1 is 1.05 bits per heavy atom. The summed E-state index contributed by atoms with van der Waals surface area (Å²) in [6.45, 7) is 0. The molecule has 108 valence electrons. The van der Waals surface area contributed by atoms with Crippen molar-refractivity contribution in [3.63, 3.8) is 0 Å². The molecule has 1 aromatic heterocycles. The average Bonchev–Trinajstić information content (AvgIpc) is 2.98. The fourth-order valence-corrected chi connectivity index (χ4v) is 2.94. The van der Waals surface area contributed by atoms with Crippen molar-refractivity contribution in [2.45, 2.75) is 23.7 Å². The number of aliphatic hydroxyl groups is 4. The van der Waals surface area contributed by atoms with Gasteiger partial charge in [-0.05, 0) is 5.56 Å². The summed E-state index contributed by atoms with van der Waals surface area (Å²) < 4.78 is 0. The molecule has 1 heterocycles. The second kappa shape index (κ2) is 6.66. The minimum Gasteiger partial charge on any atom is -0.389 e. The molecular formula is C13H15NO4S2. The number of thiol groups is 1. The third-order valence-electron chi connectivity index (χ3n) is 2.92. The van der Waals surface area contributed by atoms with E-state index in [0.29, 0.717) is 5.56 Å². The highest BCUT2D eigenvalue weighted by Gasteiger charge is 2.30. The summed E-state index contributed by atoms with van der Waals surface area (Å²) in [7, 11) is 0. The molecule has 0 amide bonds. The van der Waals surface area contributed by atoms with E-state index in [1.807, 2.05) is 17.5 Å². The Morgan fingerprint density at radius 3 is 2.35 bits per heavy atom. The van der Waals surface area contributed by atoms with Gasteiger partial charge in [0.15, 0.2) is 6.29 Å². The maximum Gasteiger partial charge on any atom is 0.180 e. The first-order valence-electron chi connectivity index (χ1n) is 5.91. The molecule has 0 radical (unpaired) electrons. The van der Waals surface area contributed by atoms with Crippen molar-refractivity contribution in [3.8, 4) is 10.6 Å². The monoisotopic (exact) mass is 313 g/mol. The van der Waals surface area contributed by atoms with Crippen molar-refractivity contribution >= 4 is 24.0 Å². The molecule has 2 aromatic rings. The van der Waals surface area contributed by atoms with E-state index in [-0.39, 0.29) is 0 Å². The first kappa shape index (κ1) is 15.4. The van der Waals surface area contributed by atoms with Crippen molar-refractivity contribution in [1.29, 1.82) is 0 Å². The van der Waals surface area contributed by atoms with Crippen LogP contribution in [0.15, 0.2) is 35.8 Å². The summed E-state index contributed by atoms with van der Waals surface area (Å²) in [5, 5.41) is 39.2. The van der Waals surface area contributed by atoms with Crippen LogP contribution in [0.3, 0.4) is 0 Å². The Morgan fingerprint density at radius 2 is 1.75 bits per heavy atom. The van der Waals surface area contributed by atoms with Crippen molar-refractivity contribution in [3.05, 3.63) is 41.4 Å². The quantitative estimate of drug-likeness (QED) is 0.416. The molecule has 0 fully saturated rings. The van der Waals surface area contributed by atoms with Gasteiger partial charge in [0.1, 0.15) is 17.2 Å². The molecule has 3 unspecified atom stereocenters. The number of hydrogen-bond donors (Lipinski definition) is 5. The largest absolute Gasteiger partial charge is 0.389 e. The Kier molecular flexibility index (Phi) is 5.14. The second-order valence-corrected chi connectivity index (χ2v) is 5.72. The van der Waals surface area contributed by atoms with Crippen LogP contribution in [0.4, 0.5) is 0 Å². The lowest BCUT2D eigenvalue weighted by Crippen LogP contribution is -2.39. The van der Waals surface area contributed by atoms with Crippen molar-refractivity contribution < 1.29 is 20.4 Å². The zero-order valence-electron chi connectivity index (χ0n) is 10.4. The number of aromatic nitrogens is 1. The normalized spacial score (nSPS) is 16.1. The van der Waals surface area contributed by atoms with Gasteiger partial charge >= 0.3 is 0 Å². The highest BCUT2D eigenvalue weighted by Crippen LogP contribution is 2.35. The fourth-order valence-electron chi connectivity index (χ4n) is 1.85. The lowest BCUT2D eigenvalue weighted by molar-refractivity contribution is -0.157. The number of aliphatic hydroxyl groups excluding tert-OH is 3.